The zero-order valence-corrected chi connectivity index (χ0v) is 14.9. The molecule has 25 heavy (non-hydrogen) atoms. The molecule has 1 fully saturated rings. The summed E-state index contributed by atoms with van der Waals surface area (Å²) in [7, 11) is -4.34. The number of ether oxygens (including phenoxy) is 1. The van der Waals surface area contributed by atoms with Crippen LogP contribution < -0.4 is 0 Å². The summed E-state index contributed by atoms with van der Waals surface area (Å²) in [5.74, 6) is -4.29. The first-order chi connectivity index (χ1) is 11.4. The van der Waals surface area contributed by atoms with Gasteiger partial charge in [-0.1, -0.05) is 0 Å². The molecule has 0 spiro atoms. The van der Waals surface area contributed by atoms with Gasteiger partial charge in [-0.15, -0.1) is 0 Å². The third-order valence-corrected chi connectivity index (χ3v) is 5.40. The van der Waals surface area contributed by atoms with Gasteiger partial charge in [-0.25, -0.2) is 26.4 Å². The minimum absolute atomic E-state index is 0.0411. The van der Waals surface area contributed by atoms with E-state index in [1.165, 1.54) is 4.90 Å². The van der Waals surface area contributed by atoms with Gasteiger partial charge in [0, 0.05) is 32.2 Å². The van der Waals surface area contributed by atoms with Gasteiger partial charge in [-0.3, -0.25) is 0 Å². The minimum Gasteiger partial charge on any atom is -0.444 e. The zero-order valence-electron chi connectivity index (χ0n) is 14.1. The van der Waals surface area contributed by atoms with Gasteiger partial charge in [0.05, 0.1) is 0 Å². The van der Waals surface area contributed by atoms with Crippen molar-refractivity contribution in [3.05, 3.63) is 29.6 Å². The third kappa shape index (κ3) is 4.43. The summed E-state index contributed by atoms with van der Waals surface area (Å²) in [5, 5.41) is 0. The van der Waals surface area contributed by atoms with Gasteiger partial charge in [-0.2, -0.15) is 4.31 Å². The Morgan fingerprint density at radius 1 is 1.00 bits per heavy atom. The van der Waals surface area contributed by atoms with Crippen LogP contribution in [0.5, 0.6) is 0 Å². The maximum atomic E-state index is 13.8. The number of benzene rings is 1. The Bertz CT molecular complexity index is 770. The molecule has 1 saturated heterocycles. The molecule has 0 saturated carbocycles. The largest absolute Gasteiger partial charge is 0.444 e. The van der Waals surface area contributed by atoms with Crippen molar-refractivity contribution in [2.75, 3.05) is 26.2 Å². The second-order valence-corrected chi connectivity index (χ2v) is 8.47. The molecular weight excluding hydrogens is 361 g/mol. The monoisotopic (exact) mass is 380 g/mol. The van der Waals surface area contributed by atoms with Gasteiger partial charge < -0.3 is 9.64 Å². The van der Waals surface area contributed by atoms with Crippen molar-refractivity contribution < 1.29 is 31.1 Å². The van der Waals surface area contributed by atoms with E-state index in [2.05, 4.69) is 0 Å². The first-order valence-electron chi connectivity index (χ1n) is 7.54. The fraction of sp³-hybridized carbons (Fsp3) is 0.533. The molecule has 1 aliphatic rings. The van der Waals surface area contributed by atoms with E-state index < -0.39 is 44.1 Å². The molecule has 140 valence electrons. The number of amides is 1. The summed E-state index contributed by atoms with van der Waals surface area (Å²) in [5.41, 5.74) is -0.685. The normalized spacial score (nSPS) is 16.8. The number of hydrogen-bond donors (Lipinski definition) is 0. The molecule has 1 heterocycles. The van der Waals surface area contributed by atoms with Crippen molar-refractivity contribution in [2.45, 2.75) is 31.3 Å². The molecule has 1 amide bonds. The van der Waals surface area contributed by atoms with Crippen molar-refractivity contribution >= 4 is 16.1 Å². The fourth-order valence-electron chi connectivity index (χ4n) is 2.28. The van der Waals surface area contributed by atoms with Crippen molar-refractivity contribution in [1.29, 1.82) is 0 Å². The Kier molecular flexibility index (Phi) is 5.33. The maximum Gasteiger partial charge on any atom is 0.410 e. The van der Waals surface area contributed by atoms with Gasteiger partial charge in [0.15, 0.2) is 11.6 Å². The highest BCUT2D eigenvalue weighted by molar-refractivity contribution is 7.89. The number of hydrogen-bond acceptors (Lipinski definition) is 4. The van der Waals surface area contributed by atoms with Gasteiger partial charge in [-0.05, 0) is 26.8 Å². The summed E-state index contributed by atoms with van der Waals surface area (Å²) in [4.78, 5) is 12.4. The lowest BCUT2D eigenvalue weighted by atomic mass is 10.2. The SMILES string of the molecule is CC(C)(C)OC(=O)N1CCN(S(=O)(=O)c2cc(F)c(F)cc2F)CC1. The predicted molar refractivity (Wildman–Crippen MR) is 82.9 cm³/mol. The topological polar surface area (TPSA) is 66.9 Å². The number of carbonyl (C=O) groups is 1. The third-order valence-electron chi connectivity index (χ3n) is 3.48. The Balaban J connectivity index is 2.12. The van der Waals surface area contributed by atoms with E-state index in [-0.39, 0.29) is 32.2 Å². The van der Waals surface area contributed by atoms with Crippen LogP contribution in [-0.4, -0.2) is 55.5 Å². The number of rotatable bonds is 2. The molecule has 1 aliphatic heterocycles. The summed E-state index contributed by atoms with van der Waals surface area (Å²) >= 11 is 0. The van der Waals surface area contributed by atoms with Gasteiger partial charge >= 0.3 is 6.09 Å². The quantitative estimate of drug-likeness (QED) is 0.739. The second-order valence-electron chi connectivity index (χ2n) is 6.57. The Morgan fingerprint density at radius 3 is 2.04 bits per heavy atom. The fourth-order valence-corrected chi connectivity index (χ4v) is 3.76. The van der Waals surface area contributed by atoms with Crippen molar-refractivity contribution in [3.63, 3.8) is 0 Å². The standard InChI is InChI=1S/C15H19F3N2O4S/c1-15(2,3)24-14(21)19-4-6-20(7-5-19)25(22,23)13-9-11(17)10(16)8-12(13)18/h8-9H,4-7H2,1-3H3. The summed E-state index contributed by atoms with van der Waals surface area (Å²) in [6.07, 6.45) is -0.580. The van der Waals surface area contributed by atoms with Crippen LogP contribution in [0.3, 0.4) is 0 Å². The Labute approximate surface area is 144 Å². The van der Waals surface area contributed by atoms with E-state index in [0.717, 1.165) is 4.31 Å². The molecule has 2 rings (SSSR count). The summed E-state index contributed by atoms with van der Waals surface area (Å²) in [6, 6.07) is 0.513. The molecule has 1 aromatic rings. The van der Waals surface area contributed by atoms with Gasteiger partial charge in [0.25, 0.3) is 0 Å². The molecule has 1 aromatic carbocycles. The van der Waals surface area contributed by atoms with Crippen LogP contribution in [0.4, 0.5) is 18.0 Å². The number of nitrogens with zero attached hydrogens (tertiary/aromatic N) is 2. The van der Waals surface area contributed by atoms with E-state index in [1.807, 2.05) is 0 Å². The van der Waals surface area contributed by atoms with Crippen LogP contribution in [0.15, 0.2) is 17.0 Å². The minimum atomic E-state index is -4.34. The number of carbonyl (C=O) groups excluding carboxylic acids is 1. The smallest absolute Gasteiger partial charge is 0.410 e. The molecule has 0 bridgehead atoms. The number of sulfonamides is 1. The van der Waals surface area contributed by atoms with Gasteiger partial charge in [0.2, 0.25) is 10.0 Å². The van der Waals surface area contributed by atoms with Crippen LogP contribution in [-0.2, 0) is 14.8 Å². The molecule has 0 atom stereocenters. The summed E-state index contributed by atoms with van der Waals surface area (Å²) in [6.45, 7) is 4.98. The van der Waals surface area contributed by atoms with Crippen LogP contribution >= 0.6 is 0 Å². The van der Waals surface area contributed by atoms with Crippen molar-refractivity contribution in [1.82, 2.24) is 9.21 Å². The lowest BCUT2D eigenvalue weighted by Crippen LogP contribution is -2.51. The highest BCUT2D eigenvalue weighted by Gasteiger charge is 2.34. The highest BCUT2D eigenvalue weighted by atomic mass is 32.2. The first-order valence-corrected chi connectivity index (χ1v) is 8.98. The van der Waals surface area contributed by atoms with E-state index in [9.17, 15) is 26.4 Å². The molecule has 0 aliphatic carbocycles. The van der Waals surface area contributed by atoms with Gasteiger partial charge in [0.1, 0.15) is 16.3 Å². The van der Waals surface area contributed by atoms with Crippen LogP contribution in [0, 0.1) is 17.5 Å². The van der Waals surface area contributed by atoms with Crippen LogP contribution in [0.1, 0.15) is 20.8 Å². The molecular formula is C15H19F3N2O4S. The lowest BCUT2D eigenvalue weighted by Gasteiger charge is -2.35. The van der Waals surface area contributed by atoms with Crippen LogP contribution in [0.2, 0.25) is 0 Å². The maximum absolute atomic E-state index is 13.8. The highest BCUT2D eigenvalue weighted by Crippen LogP contribution is 2.23. The Morgan fingerprint density at radius 2 is 1.52 bits per heavy atom. The van der Waals surface area contributed by atoms with Crippen LogP contribution in [0.25, 0.3) is 0 Å². The lowest BCUT2D eigenvalue weighted by molar-refractivity contribution is 0.0192. The zero-order chi connectivity index (χ0) is 19.0. The van der Waals surface area contributed by atoms with E-state index in [1.54, 1.807) is 20.8 Å². The molecule has 0 N–H and O–H groups in total. The van der Waals surface area contributed by atoms with E-state index in [0.29, 0.717) is 6.07 Å². The van der Waals surface area contributed by atoms with Crippen molar-refractivity contribution in [3.8, 4) is 0 Å². The number of halogens is 3. The Hall–Kier alpha value is -1.81. The van der Waals surface area contributed by atoms with Crippen molar-refractivity contribution in [2.24, 2.45) is 0 Å². The average Bonchev–Trinajstić information content (AvgIpc) is 2.49. The second kappa shape index (κ2) is 6.83. The average molecular weight is 380 g/mol. The number of piperazine rings is 1. The molecule has 0 radical (unpaired) electrons. The van der Waals surface area contributed by atoms with E-state index >= 15 is 0 Å². The molecule has 0 unspecified atom stereocenters. The predicted octanol–water partition coefficient (Wildman–Crippen LogP) is 2.35. The first kappa shape index (κ1) is 19.5. The molecule has 10 heteroatoms. The summed E-state index contributed by atoms with van der Waals surface area (Å²) < 4.78 is 71.0. The van der Waals surface area contributed by atoms with E-state index in [4.69, 9.17) is 4.74 Å². The molecule has 0 aromatic heterocycles. The molecule has 6 nitrogen and oxygen atoms in total.